The van der Waals surface area contributed by atoms with Crippen molar-refractivity contribution >= 4 is 0 Å². The Morgan fingerprint density at radius 3 is 2.50 bits per heavy atom. The molecule has 0 amide bonds. The molecule has 1 aromatic heterocycles. The monoisotopic (exact) mass is 251 g/mol. The maximum Gasteiger partial charge on any atom is 0.0596 e. The fraction of sp³-hybridized carbons (Fsp3) is 0.800. The highest BCUT2D eigenvalue weighted by Gasteiger charge is 2.15. The molecule has 0 aliphatic heterocycles. The number of aromatic nitrogens is 2. The van der Waals surface area contributed by atoms with Crippen molar-refractivity contribution in [3.8, 4) is 0 Å². The van der Waals surface area contributed by atoms with E-state index in [1.54, 1.807) is 0 Å². The van der Waals surface area contributed by atoms with Gasteiger partial charge in [-0.3, -0.25) is 4.68 Å². The maximum absolute atomic E-state index is 4.43. The molecule has 1 rings (SSSR count). The summed E-state index contributed by atoms with van der Waals surface area (Å²) in [6, 6.07) is 2.21. The first-order valence-corrected chi connectivity index (χ1v) is 7.06. The van der Waals surface area contributed by atoms with Crippen LogP contribution in [0.15, 0.2) is 6.07 Å². The summed E-state index contributed by atoms with van der Waals surface area (Å²) in [6.45, 7) is 12.1. The minimum atomic E-state index is 0.203. The molecule has 1 unspecified atom stereocenters. The Labute approximate surface area is 112 Å². The van der Waals surface area contributed by atoms with Gasteiger partial charge in [0.15, 0.2) is 0 Å². The van der Waals surface area contributed by atoms with E-state index in [0.29, 0.717) is 5.92 Å². The van der Waals surface area contributed by atoms with Gasteiger partial charge in [-0.05, 0) is 59.1 Å². The van der Waals surface area contributed by atoms with Gasteiger partial charge in [0, 0.05) is 18.3 Å². The predicted octanol–water partition coefficient (Wildman–Crippen LogP) is 3.08. The lowest BCUT2D eigenvalue weighted by Crippen LogP contribution is -2.39. The summed E-state index contributed by atoms with van der Waals surface area (Å²) in [4.78, 5) is 0. The maximum atomic E-state index is 4.43. The zero-order valence-corrected chi connectivity index (χ0v) is 12.9. The molecule has 18 heavy (non-hydrogen) atoms. The normalized spacial score (nSPS) is 13.9. The van der Waals surface area contributed by atoms with Crippen LogP contribution in [0.5, 0.6) is 0 Å². The van der Waals surface area contributed by atoms with Crippen LogP contribution in [0.4, 0.5) is 0 Å². The highest BCUT2D eigenvalue weighted by atomic mass is 15.3. The molecular formula is C15H29N3. The van der Waals surface area contributed by atoms with Crippen LogP contribution >= 0.6 is 0 Å². The molecule has 1 atom stereocenters. The largest absolute Gasteiger partial charge is 0.312 e. The minimum absolute atomic E-state index is 0.203. The van der Waals surface area contributed by atoms with Crippen molar-refractivity contribution in [1.29, 1.82) is 0 Å². The molecule has 0 bridgehead atoms. The van der Waals surface area contributed by atoms with E-state index in [-0.39, 0.29) is 5.54 Å². The molecular weight excluding hydrogens is 222 g/mol. The van der Waals surface area contributed by atoms with Crippen LogP contribution in [0.1, 0.15) is 51.9 Å². The molecule has 0 saturated carbocycles. The number of hydrogen-bond donors (Lipinski definition) is 1. The zero-order valence-electron chi connectivity index (χ0n) is 12.9. The molecule has 1 heterocycles. The summed E-state index contributed by atoms with van der Waals surface area (Å²) < 4.78 is 2.02. The van der Waals surface area contributed by atoms with Crippen LogP contribution in [0.2, 0.25) is 0 Å². The molecule has 0 radical (unpaired) electrons. The minimum Gasteiger partial charge on any atom is -0.312 e. The number of hydrogen-bond acceptors (Lipinski definition) is 2. The first kappa shape index (κ1) is 15.2. The van der Waals surface area contributed by atoms with Crippen molar-refractivity contribution in [2.75, 3.05) is 6.54 Å². The molecule has 3 heteroatoms. The van der Waals surface area contributed by atoms with Crippen molar-refractivity contribution < 1.29 is 0 Å². The molecule has 104 valence electrons. The summed E-state index contributed by atoms with van der Waals surface area (Å²) in [5, 5.41) is 8.05. The lowest BCUT2D eigenvalue weighted by atomic mass is 9.96. The van der Waals surface area contributed by atoms with Crippen LogP contribution < -0.4 is 5.32 Å². The predicted molar refractivity (Wildman–Crippen MR) is 77.8 cm³/mol. The van der Waals surface area contributed by atoms with Gasteiger partial charge in [0.25, 0.3) is 0 Å². The standard InChI is InChI=1S/C15H29N3/c1-7-8-13(11-16-15(3,4)5)10-14-9-12(2)17-18(14)6/h9,13,16H,7-8,10-11H2,1-6H3. The van der Waals surface area contributed by atoms with Crippen molar-refractivity contribution in [2.45, 2.75) is 59.4 Å². The second-order valence-electron chi connectivity index (χ2n) is 6.39. The van der Waals surface area contributed by atoms with Crippen LogP contribution in [-0.2, 0) is 13.5 Å². The summed E-state index contributed by atoms with van der Waals surface area (Å²) in [5.74, 6) is 0.698. The summed E-state index contributed by atoms with van der Waals surface area (Å²) in [7, 11) is 2.04. The quantitative estimate of drug-likeness (QED) is 0.842. The molecule has 0 fully saturated rings. The molecule has 0 aliphatic rings. The number of rotatable bonds is 6. The van der Waals surface area contributed by atoms with Crippen LogP contribution in [0, 0.1) is 12.8 Å². The van der Waals surface area contributed by atoms with Gasteiger partial charge in [0.1, 0.15) is 0 Å². The second-order valence-corrected chi connectivity index (χ2v) is 6.39. The molecule has 1 aromatic rings. The van der Waals surface area contributed by atoms with Gasteiger partial charge in [-0.1, -0.05) is 13.3 Å². The topological polar surface area (TPSA) is 29.9 Å². The molecule has 0 spiro atoms. The van der Waals surface area contributed by atoms with Crippen molar-refractivity contribution in [1.82, 2.24) is 15.1 Å². The van der Waals surface area contributed by atoms with Gasteiger partial charge >= 0.3 is 0 Å². The number of nitrogens with zero attached hydrogens (tertiary/aromatic N) is 2. The van der Waals surface area contributed by atoms with E-state index in [9.17, 15) is 0 Å². The first-order valence-electron chi connectivity index (χ1n) is 7.06. The second kappa shape index (κ2) is 6.37. The Morgan fingerprint density at radius 2 is 2.06 bits per heavy atom. The third-order valence-electron chi connectivity index (χ3n) is 3.21. The van der Waals surface area contributed by atoms with Gasteiger partial charge < -0.3 is 5.32 Å². The Kier molecular flexibility index (Phi) is 5.39. The lowest BCUT2D eigenvalue weighted by molar-refractivity contribution is 0.351. The summed E-state index contributed by atoms with van der Waals surface area (Å²) in [5.41, 5.74) is 2.67. The lowest BCUT2D eigenvalue weighted by Gasteiger charge is -2.25. The smallest absolute Gasteiger partial charge is 0.0596 e. The third-order valence-corrected chi connectivity index (χ3v) is 3.21. The molecule has 0 aliphatic carbocycles. The highest BCUT2D eigenvalue weighted by Crippen LogP contribution is 2.15. The Bertz CT molecular complexity index is 360. The van der Waals surface area contributed by atoms with Gasteiger partial charge in [-0.2, -0.15) is 5.10 Å². The van der Waals surface area contributed by atoms with Crippen LogP contribution in [-0.4, -0.2) is 21.9 Å². The van der Waals surface area contributed by atoms with E-state index in [2.05, 4.69) is 51.1 Å². The number of aryl methyl sites for hydroxylation is 2. The zero-order chi connectivity index (χ0) is 13.8. The Hall–Kier alpha value is -0.830. The molecule has 0 aromatic carbocycles. The first-order chi connectivity index (χ1) is 8.31. The van der Waals surface area contributed by atoms with Crippen molar-refractivity contribution in [3.05, 3.63) is 17.5 Å². The summed E-state index contributed by atoms with van der Waals surface area (Å²) in [6.07, 6.45) is 3.63. The van der Waals surface area contributed by atoms with Gasteiger partial charge in [0.05, 0.1) is 5.69 Å². The van der Waals surface area contributed by atoms with Gasteiger partial charge in [-0.15, -0.1) is 0 Å². The average molecular weight is 251 g/mol. The SMILES string of the molecule is CCCC(CNC(C)(C)C)Cc1cc(C)nn1C. The third kappa shape index (κ3) is 5.21. The van der Waals surface area contributed by atoms with E-state index in [0.717, 1.165) is 18.7 Å². The molecule has 3 nitrogen and oxygen atoms in total. The fourth-order valence-electron chi connectivity index (χ4n) is 2.29. The Morgan fingerprint density at radius 1 is 1.39 bits per heavy atom. The fourth-order valence-corrected chi connectivity index (χ4v) is 2.29. The molecule has 1 N–H and O–H groups in total. The van der Waals surface area contributed by atoms with E-state index in [1.165, 1.54) is 18.5 Å². The van der Waals surface area contributed by atoms with Crippen molar-refractivity contribution in [2.24, 2.45) is 13.0 Å². The van der Waals surface area contributed by atoms with E-state index >= 15 is 0 Å². The van der Waals surface area contributed by atoms with Gasteiger partial charge in [0.2, 0.25) is 0 Å². The average Bonchev–Trinajstić information content (AvgIpc) is 2.53. The Balaban J connectivity index is 2.59. The van der Waals surface area contributed by atoms with E-state index < -0.39 is 0 Å². The summed E-state index contributed by atoms with van der Waals surface area (Å²) >= 11 is 0. The van der Waals surface area contributed by atoms with Crippen LogP contribution in [0.25, 0.3) is 0 Å². The van der Waals surface area contributed by atoms with Gasteiger partial charge in [-0.25, -0.2) is 0 Å². The van der Waals surface area contributed by atoms with Crippen molar-refractivity contribution in [3.63, 3.8) is 0 Å². The highest BCUT2D eigenvalue weighted by molar-refractivity contribution is 5.09. The number of nitrogens with one attached hydrogen (secondary N) is 1. The van der Waals surface area contributed by atoms with Crippen LogP contribution in [0.3, 0.4) is 0 Å². The van der Waals surface area contributed by atoms with E-state index in [1.807, 2.05) is 11.7 Å². The molecule has 0 saturated heterocycles. The van der Waals surface area contributed by atoms with E-state index in [4.69, 9.17) is 0 Å².